The summed E-state index contributed by atoms with van der Waals surface area (Å²) in [7, 11) is 1.48. The fourth-order valence-corrected chi connectivity index (χ4v) is 5.55. The van der Waals surface area contributed by atoms with Crippen molar-refractivity contribution in [3.05, 3.63) is 11.1 Å². The molecule has 0 saturated heterocycles. The molecule has 2 aliphatic rings. The minimum Gasteiger partial charge on any atom is -0.469 e. The smallest absolute Gasteiger partial charge is 0.305 e. The van der Waals surface area contributed by atoms with Crippen LogP contribution in [0.3, 0.4) is 0 Å². The van der Waals surface area contributed by atoms with Crippen LogP contribution in [-0.2, 0) is 9.53 Å². The molecule has 0 spiro atoms. The van der Waals surface area contributed by atoms with E-state index in [1.807, 2.05) is 0 Å². The summed E-state index contributed by atoms with van der Waals surface area (Å²) < 4.78 is 4.82. The van der Waals surface area contributed by atoms with Crippen molar-refractivity contribution < 1.29 is 9.53 Å². The number of esters is 1. The van der Waals surface area contributed by atoms with Crippen LogP contribution in [0.4, 0.5) is 0 Å². The van der Waals surface area contributed by atoms with Gasteiger partial charge in [0, 0.05) is 6.42 Å². The molecule has 2 rings (SSSR count). The molecule has 2 nitrogen and oxygen atoms in total. The SMILES string of the molecule is COC(=O)C[C@@H](C)CCC1=C(C)CC[C@@H]2C(C)(C)CCC[C@@]12C. The minimum atomic E-state index is -0.0743. The lowest BCUT2D eigenvalue weighted by Gasteiger charge is -2.55. The summed E-state index contributed by atoms with van der Waals surface area (Å²) in [6.45, 7) is 12.0. The van der Waals surface area contributed by atoms with Crippen LogP contribution in [0.15, 0.2) is 11.1 Å². The number of allylic oxidation sites excluding steroid dienone is 2. The van der Waals surface area contributed by atoms with Gasteiger partial charge >= 0.3 is 5.97 Å². The second kappa shape index (κ2) is 6.99. The summed E-state index contributed by atoms with van der Waals surface area (Å²) in [4.78, 5) is 11.5. The molecule has 0 aromatic carbocycles. The monoisotopic (exact) mass is 320 g/mol. The van der Waals surface area contributed by atoms with E-state index in [-0.39, 0.29) is 5.97 Å². The second-order valence-electron chi connectivity index (χ2n) is 9.03. The third-order valence-electron chi connectivity index (χ3n) is 6.87. The first kappa shape index (κ1) is 18.5. The van der Waals surface area contributed by atoms with Crippen LogP contribution >= 0.6 is 0 Å². The molecular weight excluding hydrogens is 284 g/mol. The van der Waals surface area contributed by atoms with E-state index in [1.54, 1.807) is 11.1 Å². The Morgan fingerprint density at radius 2 is 2.00 bits per heavy atom. The molecule has 2 aliphatic carbocycles. The fourth-order valence-electron chi connectivity index (χ4n) is 5.55. The molecule has 3 atom stereocenters. The molecule has 2 heteroatoms. The quantitative estimate of drug-likeness (QED) is 0.465. The van der Waals surface area contributed by atoms with Crippen molar-refractivity contribution in [2.24, 2.45) is 22.7 Å². The number of hydrogen-bond acceptors (Lipinski definition) is 2. The summed E-state index contributed by atoms with van der Waals surface area (Å²) in [6.07, 6.45) is 9.51. The van der Waals surface area contributed by atoms with Crippen molar-refractivity contribution in [2.45, 2.75) is 86.0 Å². The van der Waals surface area contributed by atoms with Gasteiger partial charge in [-0.15, -0.1) is 0 Å². The van der Waals surface area contributed by atoms with E-state index in [9.17, 15) is 4.79 Å². The first-order valence-corrected chi connectivity index (χ1v) is 9.46. The first-order valence-electron chi connectivity index (χ1n) is 9.46. The summed E-state index contributed by atoms with van der Waals surface area (Å²) in [5.74, 6) is 1.15. The topological polar surface area (TPSA) is 26.3 Å². The second-order valence-corrected chi connectivity index (χ2v) is 9.03. The van der Waals surface area contributed by atoms with Gasteiger partial charge in [-0.05, 0) is 68.1 Å². The highest BCUT2D eigenvalue weighted by atomic mass is 16.5. The third kappa shape index (κ3) is 3.83. The standard InChI is InChI=1S/C21H36O2/c1-15(14-19(22)23-6)8-10-17-16(2)9-11-18-20(3,4)12-7-13-21(17,18)5/h15,18H,7-14H2,1-6H3/t15-,18+,21-/m0/s1. The van der Waals surface area contributed by atoms with Gasteiger partial charge in [0.05, 0.1) is 7.11 Å². The van der Waals surface area contributed by atoms with Gasteiger partial charge in [0.1, 0.15) is 0 Å². The van der Waals surface area contributed by atoms with Crippen molar-refractivity contribution in [1.29, 1.82) is 0 Å². The number of hydrogen-bond donors (Lipinski definition) is 0. The van der Waals surface area contributed by atoms with Crippen molar-refractivity contribution >= 4 is 5.97 Å². The average Bonchev–Trinajstić information content (AvgIpc) is 2.45. The zero-order valence-corrected chi connectivity index (χ0v) is 16.1. The number of methoxy groups -OCH3 is 1. The highest BCUT2D eigenvalue weighted by Gasteiger charge is 2.49. The Hall–Kier alpha value is -0.790. The maximum Gasteiger partial charge on any atom is 0.305 e. The van der Waals surface area contributed by atoms with Crippen LogP contribution in [-0.4, -0.2) is 13.1 Å². The molecule has 0 unspecified atom stereocenters. The van der Waals surface area contributed by atoms with Crippen LogP contribution in [0.5, 0.6) is 0 Å². The fraction of sp³-hybridized carbons (Fsp3) is 0.857. The van der Waals surface area contributed by atoms with Crippen molar-refractivity contribution in [3.63, 3.8) is 0 Å². The molecule has 132 valence electrons. The summed E-state index contributed by atoms with van der Waals surface area (Å²) in [5, 5.41) is 0. The van der Waals surface area contributed by atoms with Crippen LogP contribution in [0.25, 0.3) is 0 Å². The Kier molecular flexibility index (Phi) is 5.63. The lowest BCUT2D eigenvalue weighted by molar-refractivity contribution is -0.141. The Morgan fingerprint density at radius 3 is 2.65 bits per heavy atom. The predicted molar refractivity (Wildman–Crippen MR) is 96.2 cm³/mol. The van der Waals surface area contributed by atoms with Crippen molar-refractivity contribution in [2.75, 3.05) is 7.11 Å². The van der Waals surface area contributed by atoms with Gasteiger partial charge in [-0.3, -0.25) is 4.79 Å². The predicted octanol–water partition coefficient (Wildman–Crippen LogP) is 5.91. The van der Waals surface area contributed by atoms with E-state index in [2.05, 4.69) is 34.6 Å². The number of rotatable bonds is 5. The molecule has 0 heterocycles. The van der Waals surface area contributed by atoms with E-state index >= 15 is 0 Å². The minimum absolute atomic E-state index is 0.0743. The molecule has 23 heavy (non-hydrogen) atoms. The Morgan fingerprint density at radius 1 is 1.30 bits per heavy atom. The zero-order chi connectivity index (χ0) is 17.3. The van der Waals surface area contributed by atoms with Crippen LogP contribution in [0, 0.1) is 22.7 Å². The van der Waals surface area contributed by atoms with Crippen molar-refractivity contribution in [3.8, 4) is 0 Å². The van der Waals surface area contributed by atoms with Gasteiger partial charge in [0.15, 0.2) is 0 Å². The van der Waals surface area contributed by atoms with E-state index in [0.717, 1.165) is 18.8 Å². The number of carbonyl (C=O) groups is 1. The maximum absolute atomic E-state index is 11.5. The van der Waals surface area contributed by atoms with Crippen LogP contribution in [0.2, 0.25) is 0 Å². The Bertz CT molecular complexity index is 474. The maximum atomic E-state index is 11.5. The van der Waals surface area contributed by atoms with E-state index in [1.165, 1.54) is 39.2 Å². The third-order valence-corrected chi connectivity index (χ3v) is 6.87. The summed E-state index contributed by atoms with van der Waals surface area (Å²) in [5.41, 5.74) is 4.20. The van der Waals surface area contributed by atoms with Gasteiger partial charge in [-0.25, -0.2) is 0 Å². The molecule has 0 aromatic heterocycles. The van der Waals surface area contributed by atoms with E-state index in [4.69, 9.17) is 4.74 Å². The molecule has 0 bridgehead atoms. The van der Waals surface area contributed by atoms with Gasteiger partial charge < -0.3 is 4.74 Å². The number of fused-ring (bicyclic) bond motifs is 1. The highest BCUT2D eigenvalue weighted by Crippen LogP contribution is 2.60. The highest BCUT2D eigenvalue weighted by molar-refractivity contribution is 5.69. The van der Waals surface area contributed by atoms with Gasteiger partial charge in [-0.2, -0.15) is 0 Å². The molecule has 0 aromatic rings. The lowest BCUT2D eigenvalue weighted by Crippen LogP contribution is -2.45. The molecule has 1 fully saturated rings. The largest absolute Gasteiger partial charge is 0.469 e. The van der Waals surface area contributed by atoms with Gasteiger partial charge in [0.25, 0.3) is 0 Å². The summed E-state index contributed by atoms with van der Waals surface area (Å²) >= 11 is 0. The van der Waals surface area contributed by atoms with E-state index in [0.29, 0.717) is 23.2 Å². The van der Waals surface area contributed by atoms with E-state index < -0.39 is 0 Å². The Balaban J connectivity index is 2.11. The first-order chi connectivity index (χ1) is 10.7. The van der Waals surface area contributed by atoms with Gasteiger partial charge in [-0.1, -0.05) is 45.3 Å². The molecular formula is C21H36O2. The molecule has 0 N–H and O–H groups in total. The van der Waals surface area contributed by atoms with Gasteiger partial charge in [0.2, 0.25) is 0 Å². The lowest BCUT2D eigenvalue weighted by atomic mass is 9.50. The van der Waals surface area contributed by atoms with Crippen molar-refractivity contribution in [1.82, 2.24) is 0 Å². The zero-order valence-electron chi connectivity index (χ0n) is 16.1. The molecule has 1 saturated carbocycles. The average molecular weight is 321 g/mol. The number of ether oxygens (including phenoxy) is 1. The molecule has 0 aliphatic heterocycles. The molecule has 0 amide bonds. The summed E-state index contributed by atoms with van der Waals surface area (Å²) in [6, 6.07) is 0. The van der Waals surface area contributed by atoms with Crippen LogP contribution in [0.1, 0.15) is 86.0 Å². The Labute approximate surface area is 143 Å². The normalized spacial score (nSPS) is 31.5. The van der Waals surface area contributed by atoms with Crippen LogP contribution < -0.4 is 0 Å². The molecule has 0 radical (unpaired) electrons. The number of carbonyl (C=O) groups excluding carboxylic acids is 1.